The number of amides is 1. The van der Waals surface area contributed by atoms with Gasteiger partial charge in [-0.3, -0.25) is 4.79 Å². The number of nitrogens with one attached hydrogen (secondary N) is 1. The van der Waals surface area contributed by atoms with Crippen LogP contribution in [0.25, 0.3) is 11.1 Å². The molecule has 1 saturated heterocycles. The van der Waals surface area contributed by atoms with Crippen LogP contribution in [-0.2, 0) is 14.3 Å². The van der Waals surface area contributed by atoms with E-state index < -0.39 is 12.1 Å². The van der Waals surface area contributed by atoms with E-state index in [0.29, 0.717) is 23.6 Å². The van der Waals surface area contributed by atoms with Crippen LogP contribution >= 0.6 is 11.3 Å². The average molecular weight is 373 g/mol. The Kier molecular flexibility index (Phi) is 5.74. The largest absolute Gasteiger partial charge is 0.462 e. The zero-order valence-corrected chi connectivity index (χ0v) is 16.1. The van der Waals surface area contributed by atoms with Crippen molar-refractivity contribution >= 4 is 28.2 Å². The second-order valence-corrected chi connectivity index (χ2v) is 7.24. The monoisotopic (exact) mass is 373 g/mol. The minimum absolute atomic E-state index is 0.207. The van der Waals surface area contributed by atoms with Crippen molar-refractivity contribution in [3.63, 3.8) is 0 Å². The van der Waals surface area contributed by atoms with Crippen molar-refractivity contribution in [2.75, 3.05) is 18.5 Å². The lowest BCUT2D eigenvalue weighted by atomic mass is 9.99. The Balaban J connectivity index is 1.96. The van der Waals surface area contributed by atoms with Crippen LogP contribution in [0.1, 0.15) is 41.3 Å². The molecular formula is C20H23NO4S. The lowest BCUT2D eigenvalue weighted by Gasteiger charge is -2.12. The highest BCUT2D eigenvalue weighted by Crippen LogP contribution is 2.37. The molecular weight excluding hydrogens is 350 g/mol. The third-order valence-electron chi connectivity index (χ3n) is 4.55. The van der Waals surface area contributed by atoms with Gasteiger partial charge in [0, 0.05) is 17.6 Å². The molecule has 1 N–H and O–H groups in total. The molecule has 2 heterocycles. The third-order valence-corrected chi connectivity index (χ3v) is 5.44. The Hall–Kier alpha value is -2.18. The zero-order valence-electron chi connectivity index (χ0n) is 15.3. The molecule has 2 aromatic rings. The second-order valence-electron chi connectivity index (χ2n) is 6.36. The quantitative estimate of drug-likeness (QED) is 0.793. The van der Waals surface area contributed by atoms with Crippen molar-refractivity contribution in [2.24, 2.45) is 0 Å². The lowest BCUT2D eigenvalue weighted by molar-refractivity contribution is -0.124. The molecule has 3 rings (SSSR count). The highest BCUT2D eigenvalue weighted by molar-refractivity contribution is 7.15. The number of carbonyl (C=O) groups excluding carboxylic acids is 2. The first-order valence-electron chi connectivity index (χ1n) is 8.80. The van der Waals surface area contributed by atoms with Crippen LogP contribution in [0.15, 0.2) is 23.6 Å². The van der Waals surface area contributed by atoms with Gasteiger partial charge in [0.2, 0.25) is 0 Å². The Labute approximate surface area is 157 Å². The fourth-order valence-corrected chi connectivity index (χ4v) is 3.91. The van der Waals surface area contributed by atoms with Gasteiger partial charge in [0.1, 0.15) is 16.7 Å². The second kappa shape index (κ2) is 8.01. The van der Waals surface area contributed by atoms with Gasteiger partial charge in [-0.1, -0.05) is 18.2 Å². The molecule has 0 aliphatic carbocycles. The van der Waals surface area contributed by atoms with E-state index in [0.717, 1.165) is 23.1 Å². The number of carbonyl (C=O) groups is 2. The number of anilines is 1. The van der Waals surface area contributed by atoms with Crippen LogP contribution in [-0.4, -0.2) is 31.2 Å². The number of esters is 1. The summed E-state index contributed by atoms with van der Waals surface area (Å²) in [6.07, 6.45) is 1.13. The lowest BCUT2D eigenvalue weighted by Crippen LogP contribution is -2.27. The Morgan fingerprint density at radius 3 is 2.77 bits per heavy atom. The van der Waals surface area contributed by atoms with Gasteiger partial charge in [-0.2, -0.15) is 0 Å². The molecule has 0 unspecified atom stereocenters. The number of hydrogen-bond donors (Lipinski definition) is 1. The van der Waals surface area contributed by atoms with Crippen molar-refractivity contribution in [1.29, 1.82) is 0 Å². The first-order chi connectivity index (χ1) is 12.5. The van der Waals surface area contributed by atoms with Gasteiger partial charge in [-0.05, 0) is 50.3 Å². The van der Waals surface area contributed by atoms with E-state index >= 15 is 0 Å². The highest BCUT2D eigenvalue weighted by atomic mass is 32.1. The molecule has 1 amide bonds. The minimum Gasteiger partial charge on any atom is -0.462 e. The van der Waals surface area contributed by atoms with Crippen molar-refractivity contribution in [3.05, 3.63) is 40.3 Å². The van der Waals surface area contributed by atoms with Crippen molar-refractivity contribution in [3.8, 4) is 11.1 Å². The van der Waals surface area contributed by atoms with E-state index in [1.165, 1.54) is 16.9 Å². The SMILES string of the molecule is CCOC(=O)c1c(-c2ccc(C)c(C)c2)csc1NC(=O)[C@H]1CCCO1. The number of aryl methyl sites for hydroxylation is 2. The zero-order chi connectivity index (χ0) is 18.7. The maximum atomic E-state index is 12.6. The molecule has 0 saturated carbocycles. The summed E-state index contributed by atoms with van der Waals surface area (Å²) in [7, 11) is 0. The van der Waals surface area contributed by atoms with Gasteiger partial charge in [-0.25, -0.2) is 4.79 Å². The fraction of sp³-hybridized carbons (Fsp3) is 0.400. The first kappa shape index (κ1) is 18.6. The van der Waals surface area contributed by atoms with Crippen molar-refractivity contribution in [1.82, 2.24) is 0 Å². The summed E-state index contributed by atoms with van der Waals surface area (Å²) >= 11 is 1.33. The number of benzene rings is 1. The van der Waals surface area contributed by atoms with Crippen molar-refractivity contribution < 1.29 is 19.1 Å². The summed E-state index contributed by atoms with van der Waals surface area (Å²) in [5, 5.41) is 5.26. The predicted octanol–water partition coefficient (Wildman–Crippen LogP) is 4.33. The molecule has 1 atom stereocenters. The Bertz CT molecular complexity index is 821. The first-order valence-corrected chi connectivity index (χ1v) is 9.68. The van der Waals surface area contributed by atoms with Crippen LogP contribution in [0.3, 0.4) is 0 Å². The third kappa shape index (κ3) is 3.81. The molecule has 26 heavy (non-hydrogen) atoms. The normalized spacial score (nSPS) is 16.5. The molecule has 138 valence electrons. The van der Waals surface area contributed by atoms with Gasteiger partial charge in [0.05, 0.1) is 6.61 Å². The minimum atomic E-state index is -0.447. The smallest absolute Gasteiger partial charge is 0.341 e. The number of rotatable bonds is 5. The number of thiophene rings is 1. The molecule has 1 fully saturated rings. The summed E-state index contributed by atoms with van der Waals surface area (Å²) in [5.41, 5.74) is 4.46. The van der Waals surface area contributed by atoms with Gasteiger partial charge >= 0.3 is 5.97 Å². The summed E-state index contributed by atoms with van der Waals surface area (Å²) < 4.78 is 10.7. The van der Waals surface area contributed by atoms with Gasteiger partial charge in [0.25, 0.3) is 5.91 Å². The van der Waals surface area contributed by atoms with Gasteiger partial charge < -0.3 is 14.8 Å². The van der Waals surface area contributed by atoms with Crippen molar-refractivity contribution in [2.45, 2.75) is 39.7 Å². The summed E-state index contributed by atoms with van der Waals surface area (Å²) in [5.74, 6) is -0.633. The van der Waals surface area contributed by atoms with Crippen LogP contribution in [0.4, 0.5) is 5.00 Å². The molecule has 0 radical (unpaired) electrons. The number of ether oxygens (including phenoxy) is 2. The molecule has 1 aromatic carbocycles. The number of hydrogen-bond acceptors (Lipinski definition) is 5. The molecule has 1 aromatic heterocycles. The van der Waals surface area contributed by atoms with E-state index in [1.807, 2.05) is 37.4 Å². The van der Waals surface area contributed by atoms with E-state index in [1.54, 1.807) is 6.92 Å². The molecule has 1 aliphatic rings. The van der Waals surface area contributed by atoms with Crippen LogP contribution in [0.2, 0.25) is 0 Å². The average Bonchev–Trinajstić information content (AvgIpc) is 3.27. The maximum absolute atomic E-state index is 12.6. The molecule has 0 spiro atoms. The molecule has 1 aliphatic heterocycles. The highest BCUT2D eigenvalue weighted by Gasteiger charge is 2.27. The Morgan fingerprint density at radius 2 is 2.12 bits per heavy atom. The van der Waals surface area contributed by atoms with Gasteiger partial charge in [-0.15, -0.1) is 11.3 Å². The molecule has 5 nitrogen and oxygen atoms in total. The van der Waals surface area contributed by atoms with Crippen LogP contribution in [0.5, 0.6) is 0 Å². The maximum Gasteiger partial charge on any atom is 0.341 e. The molecule has 6 heteroatoms. The summed E-state index contributed by atoms with van der Waals surface area (Å²) in [6.45, 7) is 6.73. The van der Waals surface area contributed by atoms with Crippen LogP contribution < -0.4 is 5.32 Å². The van der Waals surface area contributed by atoms with Crippen LogP contribution in [0, 0.1) is 13.8 Å². The Morgan fingerprint density at radius 1 is 1.31 bits per heavy atom. The van der Waals surface area contributed by atoms with E-state index in [4.69, 9.17) is 9.47 Å². The molecule has 0 bridgehead atoms. The topological polar surface area (TPSA) is 64.6 Å². The van der Waals surface area contributed by atoms with E-state index in [2.05, 4.69) is 5.32 Å². The predicted molar refractivity (Wildman–Crippen MR) is 103 cm³/mol. The fourth-order valence-electron chi connectivity index (χ4n) is 2.95. The van der Waals surface area contributed by atoms with E-state index in [-0.39, 0.29) is 12.5 Å². The summed E-state index contributed by atoms with van der Waals surface area (Å²) in [6, 6.07) is 6.06. The standard InChI is InChI=1S/C20H23NO4S/c1-4-24-20(23)17-15(14-8-7-12(2)13(3)10-14)11-26-19(17)21-18(22)16-6-5-9-25-16/h7-8,10-11,16H,4-6,9H2,1-3H3,(H,21,22)/t16-/m1/s1. The van der Waals surface area contributed by atoms with Gasteiger partial charge in [0.15, 0.2) is 0 Å². The summed E-state index contributed by atoms with van der Waals surface area (Å²) in [4.78, 5) is 25.0. The van der Waals surface area contributed by atoms with E-state index in [9.17, 15) is 9.59 Å².